The smallest absolute Gasteiger partial charge is 0.343 e. The molecule has 0 aliphatic heterocycles. The molecule has 2 aromatic heterocycles. The quantitative estimate of drug-likeness (QED) is 0.648. The number of rotatable bonds is 6. The average Bonchev–Trinajstić information content (AvgIpc) is 3.12. The van der Waals surface area contributed by atoms with Crippen LogP contribution < -0.4 is 5.32 Å². The van der Waals surface area contributed by atoms with Crippen LogP contribution in [0.4, 0.5) is 13.2 Å². The van der Waals surface area contributed by atoms with E-state index in [4.69, 9.17) is 0 Å². The number of aromatic nitrogens is 6. The van der Waals surface area contributed by atoms with Crippen molar-refractivity contribution in [2.24, 2.45) is 5.92 Å². The lowest BCUT2D eigenvalue weighted by Gasteiger charge is -2.10. The summed E-state index contributed by atoms with van der Waals surface area (Å²) in [5.41, 5.74) is 1.35. The van der Waals surface area contributed by atoms with Gasteiger partial charge in [0, 0.05) is 17.8 Å². The second-order valence-electron chi connectivity index (χ2n) is 7.99. The summed E-state index contributed by atoms with van der Waals surface area (Å²) >= 11 is 0. The van der Waals surface area contributed by atoms with Crippen molar-refractivity contribution < 1.29 is 18.0 Å². The SMILES string of the molecule is O=C(NCc1nnnn1CC1CC1)c1nn(-c2cccc(C(F)(F)F)c2)c2c1CCC2. The highest BCUT2D eigenvalue weighted by atomic mass is 19.4. The number of hydrogen-bond donors (Lipinski definition) is 1. The van der Waals surface area contributed by atoms with Gasteiger partial charge in [0.2, 0.25) is 0 Å². The van der Waals surface area contributed by atoms with E-state index in [0.717, 1.165) is 49.2 Å². The number of nitrogens with one attached hydrogen (secondary N) is 1. The largest absolute Gasteiger partial charge is 0.416 e. The molecule has 5 rings (SSSR count). The van der Waals surface area contributed by atoms with Gasteiger partial charge < -0.3 is 5.32 Å². The van der Waals surface area contributed by atoms with Crippen molar-refractivity contribution in [1.82, 2.24) is 35.3 Å². The average molecular weight is 431 g/mol. The number of hydrogen-bond acceptors (Lipinski definition) is 5. The highest BCUT2D eigenvalue weighted by Gasteiger charge is 2.32. The van der Waals surface area contributed by atoms with Crippen molar-refractivity contribution in [2.45, 2.75) is 51.4 Å². The first-order valence-electron chi connectivity index (χ1n) is 10.2. The van der Waals surface area contributed by atoms with Crippen molar-refractivity contribution in [3.63, 3.8) is 0 Å². The predicted molar refractivity (Wildman–Crippen MR) is 102 cm³/mol. The summed E-state index contributed by atoms with van der Waals surface area (Å²) in [6.45, 7) is 0.890. The van der Waals surface area contributed by atoms with Gasteiger partial charge in [0.15, 0.2) is 11.5 Å². The van der Waals surface area contributed by atoms with Crippen LogP contribution >= 0.6 is 0 Å². The normalized spacial score (nSPS) is 15.8. The molecule has 2 aliphatic rings. The third-order valence-corrected chi connectivity index (χ3v) is 5.70. The first-order chi connectivity index (χ1) is 14.9. The standard InChI is InChI=1S/C20H20F3N7O/c21-20(22,23)13-3-1-4-14(9-13)30-16-6-2-5-15(16)18(26-30)19(31)24-10-17-25-27-28-29(17)11-12-7-8-12/h1,3-4,9,12H,2,5-8,10-11H2,(H,24,31). The topological polar surface area (TPSA) is 90.5 Å². The van der Waals surface area contributed by atoms with Crippen LogP contribution in [0.15, 0.2) is 24.3 Å². The molecule has 1 fully saturated rings. The van der Waals surface area contributed by atoms with Gasteiger partial charge in [0.25, 0.3) is 5.91 Å². The molecule has 3 aromatic rings. The zero-order valence-corrected chi connectivity index (χ0v) is 16.6. The molecule has 11 heteroatoms. The Kier molecular flexibility index (Phi) is 4.75. The van der Waals surface area contributed by atoms with Gasteiger partial charge in [-0.05, 0) is 66.6 Å². The molecule has 1 aromatic carbocycles. The van der Waals surface area contributed by atoms with Crippen LogP contribution in [0.3, 0.4) is 0 Å². The first kappa shape index (κ1) is 19.7. The van der Waals surface area contributed by atoms with Crippen molar-refractivity contribution in [2.75, 3.05) is 0 Å². The zero-order valence-electron chi connectivity index (χ0n) is 16.6. The molecule has 1 amide bonds. The molecule has 0 spiro atoms. The molecule has 8 nitrogen and oxygen atoms in total. The number of fused-ring (bicyclic) bond motifs is 1. The summed E-state index contributed by atoms with van der Waals surface area (Å²) in [6, 6.07) is 4.99. The predicted octanol–water partition coefficient (Wildman–Crippen LogP) is 2.71. The summed E-state index contributed by atoms with van der Waals surface area (Å²) in [5.74, 6) is 0.767. The van der Waals surface area contributed by atoms with E-state index >= 15 is 0 Å². The second-order valence-corrected chi connectivity index (χ2v) is 7.99. The minimum Gasteiger partial charge on any atom is -0.343 e. The Balaban J connectivity index is 1.38. The molecule has 2 aliphatic carbocycles. The number of carbonyl (C=O) groups is 1. The number of carbonyl (C=O) groups excluding carboxylic acids is 1. The number of alkyl halides is 3. The van der Waals surface area contributed by atoms with E-state index in [2.05, 4.69) is 25.9 Å². The molecule has 2 heterocycles. The Morgan fingerprint density at radius 1 is 1.23 bits per heavy atom. The van der Waals surface area contributed by atoms with E-state index in [0.29, 0.717) is 30.3 Å². The van der Waals surface area contributed by atoms with E-state index in [9.17, 15) is 18.0 Å². The van der Waals surface area contributed by atoms with Gasteiger partial charge in [-0.15, -0.1) is 5.10 Å². The third-order valence-electron chi connectivity index (χ3n) is 5.70. The number of nitrogens with zero attached hydrogens (tertiary/aromatic N) is 6. The van der Waals surface area contributed by atoms with Crippen LogP contribution in [-0.2, 0) is 32.1 Å². The van der Waals surface area contributed by atoms with Gasteiger partial charge >= 0.3 is 6.18 Å². The highest BCUT2D eigenvalue weighted by Crippen LogP contribution is 2.33. The molecule has 0 atom stereocenters. The maximum absolute atomic E-state index is 13.1. The summed E-state index contributed by atoms with van der Waals surface area (Å²) < 4.78 is 42.5. The Morgan fingerprint density at radius 3 is 2.84 bits per heavy atom. The van der Waals surface area contributed by atoms with Gasteiger partial charge in [-0.25, -0.2) is 9.36 Å². The second kappa shape index (κ2) is 7.47. The fourth-order valence-electron chi connectivity index (χ4n) is 3.93. The van der Waals surface area contributed by atoms with Gasteiger partial charge in [-0.3, -0.25) is 4.79 Å². The molecule has 0 saturated heterocycles. The first-order valence-corrected chi connectivity index (χ1v) is 10.2. The van der Waals surface area contributed by atoms with E-state index in [1.807, 2.05) is 0 Å². The Hall–Kier alpha value is -3.24. The summed E-state index contributed by atoms with van der Waals surface area (Å²) in [6.07, 6.45) is 0.0144. The van der Waals surface area contributed by atoms with E-state index in [1.54, 1.807) is 10.7 Å². The molecule has 0 bridgehead atoms. The van der Waals surface area contributed by atoms with E-state index < -0.39 is 11.7 Å². The number of benzene rings is 1. The number of halogens is 3. The van der Waals surface area contributed by atoms with Gasteiger partial charge in [0.05, 0.1) is 17.8 Å². The summed E-state index contributed by atoms with van der Waals surface area (Å²) in [7, 11) is 0. The molecule has 1 saturated carbocycles. The maximum atomic E-state index is 13.1. The van der Waals surface area contributed by atoms with Crippen LogP contribution in [0.2, 0.25) is 0 Å². The summed E-state index contributed by atoms with van der Waals surface area (Å²) in [4.78, 5) is 12.9. The minimum atomic E-state index is -4.45. The van der Waals surface area contributed by atoms with Crippen LogP contribution in [0.1, 0.15) is 52.4 Å². The minimum absolute atomic E-state index is 0.156. The fourth-order valence-corrected chi connectivity index (χ4v) is 3.93. The molecule has 162 valence electrons. The third kappa shape index (κ3) is 3.91. The lowest BCUT2D eigenvalue weighted by molar-refractivity contribution is -0.137. The molecular weight excluding hydrogens is 411 g/mol. The Labute approximate surface area is 175 Å². The molecule has 0 unspecified atom stereocenters. The van der Waals surface area contributed by atoms with Crippen LogP contribution in [0.5, 0.6) is 0 Å². The van der Waals surface area contributed by atoms with Crippen LogP contribution in [-0.4, -0.2) is 35.9 Å². The van der Waals surface area contributed by atoms with Gasteiger partial charge in [-0.1, -0.05) is 6.07 Å². The van der Waals surface area contributed by atoms with Crippen molar-refractivity contribution in [3.05, 3.63) is 52.6 Å². The Bertz CT molecular complexity index is 1130. The molecular formula is C20H20F3N7O. The lowest BCUT2D eigenvalue weighted by Crippen LogP contribution is -2.26. The molecule has 0 radical (unpaired) electrons. The zero-order chi connectivity index (χ0) is 21.6. The lowest BCUT2D eigenvalue weighted by atomic mass is 10.1. The Morgan fingerprint density at radius 2 is 2.06 bits per heavy atom. The van der Waals surface area contributed by atoms with Gasteiger partial charge in [0.1, 0.15) is 0 Å². The highest BCUT2D eigenvalue weighted by molar-refractivity contribution is 5.94. The van der Waals surface area contributed by atoms with Crippen LogP contribution in [0.25, 0.3) is 5.69 Å². The fraction of sp³-hybridized carbons (Fsp3) is 0.450. The maximum Gasteiger partial charge on any atom is 0.416 e. The molecule has 31 heavy (non-hydrogen) atoms. The summed E-state index contributed by atoms with van der Waals surface area (Å²) in [5, 5.41) is 18.8. The van der Waals surface area contributed by atoms with Crippen molar-refractivity contribution in [3.8, 4) is 5.69 Å². The van der Waals surface area contributed by atoms with Crippen LogP contribution in [0, 0.1) is 5.92 Å². The van der Waals surface area contributed by atoms with Crippen molar-refractivity contribution >= 4 is 5.91 Å². The van der Waals surface area contributed by atoms with Gasteiger partial charge in [-0.2, -0.15) is 18.3 Å². The van der Waals surface area contributed by atoms with E-state index in [-0.39, 0.29) is 18.1 Å². The number of amides is 1. The monoisotopic (exact) mass is 431 g/mol. The molecule has 1 N–H and O–H groups in total. The van der Waals surface area contributed by atoms with Crippen molar-refractivity contribution in [1.29, 1.82) is 0 Å². The number of tetrazole rings is 1. The van der Waals surface area contributed by atoms with E-state index in [1.165, 1.54) is 10.7 Å².